The summed E-state index contributed by atoms with van der Waals surface area (Å²) in [7, 11) is -2.05. The van der Waals surface area contributed by atoms with Gasteiger partial charge in [0.05, 0.1) is 0 Å². The van der Waals surface area contributed by atoms with Crippen molar-refractivity contribution < 1.29 is 4.21 Å². The van der Waals surface area contributed by atoms with Crippen molar-refractivity contribution in [2.24, 2.45) is 5.73 Å². The molecule has 0 aromatic rings. The maximum Gasteiger partial charge on any atom is 0.0325 e. The number of hydrogen-bond donors (Lipinski definition) is 2. The van der Waals surface area contributed by atoms with E-state index in [1.165, 1.54) is 0 Å². The van der Waals surface area contributed by atoms with Crippen molar-refractivity contribution in [2.45, 2.75) is 31.6 Å². The van der Waals surface area contributed by atoms with Crippen LogP contribution in [0.4, 0.5) is 0 Å². The Balaban J connectivity index is 4.58. The zero-order valence-corrected chi connectivity index (χ0v) is 8.40. The normalized spacial score (nSPS) is 18.6. The Morgan fingerprint density at radius 1 is 1.40 bits per heavy atom. The first-order chi connectivity index (χ1) is 4.19. The summed E-state index contributed by atoms with van der Waals surface area (Å²) in [5.41, 5.74) is 5.68. The van der Waals surface area contributed by atoms with Crippen molar-refractivity contribution in [3.63, 3.8) is 0 Å². The lowest BCUT2D eigenvalue weighted by Crippen LogP contribution is -2.49. The molecule has 0 aromatic carbocycles. The minimum Gasteiger partial charge on any atom is -0.327 e. The van der Waals surface area contributed by atoms with E-state index in [2.05, 4.69) is 0 Å². The molecule has 0 saturated heterocycles. The van der Waals surface area contributed by atoms with Crippen LogP contribution in [0.5, 0.6) is 0 Å². The summed E-state index contributed by atoms with van der Waals surface area (Å²) in [6.45, 7) is 5.82. The van der Waals surface area contributed by atoms with Crippen molar-refractivity contribution in [3.8, 4) is 0 Å². The molecule has 0 amide bonds. The van der Waals surface area contributed by atoms with E-state index >= 15 is 0 Å². The van der Waals surface area contributed by atoms with E-state index in [9.17, 15) is 4.21 Å². The zero-order chi connectivity index (χ0) is 8.58. The minimum atomic E-state index is -2.05. The molecule has 0 spiro atoms. The van der Waals surface area contributed by atoms with Gasteiger partial charge in [0, 0.05) is 10.8 Å². The summed E-state index contributed by atoms with van der Waals surface area (Å²) >= 11 is 0. The molecule has 1 unspecified atom stereocenters. The molecule has 0 aliphatic carbocycles. The first-order valence-electron chi connectivity index (χ1n) is 3.50. The first kappa shape index (κ1) is 10.1. The van der Waals surface area contributed by atoms with Crippen molar-refractivity contribution in [1.82, 2.24) is 0 Å². The Kier molecular flexibility index (Phi) is 2.65. The fourth-order valence-electron chi connectivity index (χ4n) is 0.490. The molecule has 0 aliphatic heterocycles. The molecule has 0 fully saturated rings. The Hall–Kier alpha value is 0.110. The van der Waals surface area contributed by atoms with Crippen LogP contribution in [0.1, 0.15) is 20.8 Å². The summed E-state index contributed by atoms with van der Waals surface area (Å²) < 4.78 is 11.4. The van der Waals surface area contributed by atoms with Gasteiger partial charge in [0.25, 0.3) is 0 Å². The van der Waals surface area contributed by atoms with E-state index in [-0.39, 0.29) is 10.8 Å². The predicted molar refractivity (Wildman–Crippen MR) is 49.1 cm³/mol. The van der Waals surface area contributed by atoms with Crippen LogP contribution in [0, 0.1) is 0 Å². The molecule has 0 saturated carbocycles. The maximum absolute atomic E-state index is 11.6. The highest BCUT2D eigenvalue weighted by Gasteiger charge is 2.31. The molecule has 0 rings (SSSR count). The summed E-state index contributed by atoms with van der Waals surface area (Å²) in [5, 5.41) is 0. The topological polar surface area (TPSA) is 43.1 Å². The van der Waals surface area contributed by atoms with Gasteiger partial charge in [0.2, 0.25) is 0 Å². The SMILES string of the molecule is CC(N)C(C)(C)[SH](C)(C)=O. The predicted octanol–water partition coefficient (Wildman–Crippen LogP) is 0.389. The van der Waals surface area contributed by atoms with Crippen LogP contribution in [0.2, 0.25) is 0 Å². The molecule has 3 heteroatoms. The van der Waals surface area contributed by atoms with E-state index in [0.717, 1.165) is 0 Å². The van der Waals surface area contributed by atoms with Crippen molar-refractivity contribution in [3.05, 3.63) is 0 Å². The van der Waals surface area contributed by atoms with E-state index in [1.807, 2.05) is 20.8 Å². The maximum atomic E-state index is 11.6. The Morgan fingerprint density at radius 3 is 1.70 bits per heavy atom. The van der Waals surface area contributed by atoms with Crippen LogP contribution >= 0.6 is 0 Å². The third-order valence-electron chi connectivity index (χ3n) is 2.50. The highest BCUT2D eigenvalue weighted by molar-refractivity contribution is 8.03. The molecule has 2 N–H and O–H groups in total. The molecule has 10 heavy (non-hydrogen) atoms. The Bertz CT molecular complexity index is 157. The second-order valence-corrected chi connectivity index (χ2v) is 7.65. The van der Waals surface area contributed by atoms with E-state index in [4.69, 9.17) is 5.73 Å². The average Bonchev–Trinajstić information content (AvgIpc) is 1.62. The van der Waals surface area contributed by atoms with Gasteiger partial charge >= 0.3 is 0 Å². The lowest BCUT2D eigenvalue weighted by molar-refractivity contribution is 0.542. The van der Waals surface area contributed by atoms with Gasteiger partial charge in [-0.2, -0.15) is 0 Å². The Morgan fingerprint density at radius 2 is 1.70 bits per heavy atom. The largest absolute Gasteiger partial charge is 0.327 e. The third-order valence-corrected chi connectivity index (χ3v) is 5.69. The summed E-state index contributed by atoms with van der Waals surface area (Å²) in [6.07, 6.45) is 3.58. The van der Waals surface area contributed by atoms with Gasteiger partial charge < -0.3 is 5.73 Å². The molecule has 0 heterocycles. The van der Waals surface area contributed by atoms with Gasteiger partial charge in [0.1, 0.15) is 0 Å². The van der Waals surface area contributed by atoms with Gasteiger partial charge in [-0.05, 0) is 33.3 Å². The number of rotatable bonds is 2. The first-order valence-corrected chi connectivity index (χ1v) is 6.10. The van der Waals surface area contributed by atoms with Crippen LogP contribution in [0.3, 0.4) is 0 Å². The van der Waals surface area contributed by atoms with Gasteiger partial charge in [-0.15, -0.1) is 9.93 Å². The third kappa shape index (κ3) is 1.80. The molecular weight excluding hydrogens is 146 g/mol. The minimum absolute atomic E-state index is 0.00617. The number of nitrogens with two attached hydrogens (primary N) is 1. The molecule has 64 valence electrons. The highest BCUT2D eigenvalue weighted by atomic mass is 32.2. The average molecular weight is 165 g/mol. The van der Waals surface area contributed by atoms with Crippen LogP contribution in [0.15, 0.2) is 0 Å². The second kappa shape index (κ2) is 2.62. The highest BCUT2D eigenvalue weighted by Crippen LogP contribution is 2.22. The van der Waals surface area contributed by atoms with Crippen molar-refractivity contribution >= 4 is 9.93 Å². The smallest absolute Gasteiger partial charge is 0.0325 e. The molecule has 2 nitrogen and oxygen atoms in total. The quantitative estimate of drug-likeness (QED) is 0.581. The lowest BCUT2D eigenvalue weighted by Gasteiger charge is -2.36. The second-order valence-electron chi connectivity index (χ2n) is 3.79. The van der Waals surface area contributed by atoms with Crippen LogP contribution in [-0.4, -0.2) is 27.5 Å². The van der Waals surface area contributed by atoms with E-state index in [0.29, 0.717) is 0 Å². The van der Waals surface area contributed by atoms with E-state index in [1.54, 1.807) is 12.5 Å². The van der Waals surface area contributed by atoms with Crippen molar-refractivity contribution in [2.75, 3.05) is 12.5 Å². The molecule has 1 atom stereocenters. The lowest BCUT2D eigenvalue weighted by atomic mass is 10.1. The monoisotopic (exact) mass is 165 g/mol. The van der Waals surface area contributed by atoms with E-state index < -0.39 is 9.93 Å². The summed E-state index contributed by atoms with van der Waals surface area (Å²) in [4.78, 5) is 0. The fraction of sp³-hybridized carbons (Fsp3) is 1.00. The van der Waals surface area contributed by atoms with Gasteiger partial charge in [-0.25, -0.2) is 0 Å². The van der Waals surface area contributed by atoms with Gasteiger partial charge in [0.15, 0.2) is 0 Å². The molecule has 0 aromatic heterocycles. The number of hydrogen-bond acceptors (Lipinski definition) is 2. The van der Waals surface area contributed by atoms with Gasteiger partial charge in [-0.1, -0.05) is 0 Å². The van der Waals surface area contributed by atoms with Crippen LogP contribution in [0.25, 0.3) is 0 Å². The molecule has 0 aliphatic rings. The van der Waals surface area contributed by atoms with Crippen LogP contribution in [-0.2, 0) is 9.93 Å². The zero-order valence-electron chi connectivity index (χ0n) is 7.51. The molecule has 0 radical (unpaired) electrons. The van der Waals surface area contributed by atoms with Crippen LogP contribution < -0.4 is 5.73 Å². The standard InChI is InChI=1S/C7H19NOS/c1-6(8)7(2,3)10(4,5)9/h6,10H,8H2,1-5H3. The number of thiol groups is 1. The molecular formula is C7H19NOS. The van der Waals surface area contributed by atoms with Gasteiger partial charge in [-0.3, -0.25) is 4.21 Å². The Labute approximate surface area is 64.6 Å². The molecule has 0 bridgehead atoms. The van der Waals surface area contributed by atoms with Crippen molar-refractivity contribution in [1.29, 1.82) is 0 Å². The fourth-order valence-corrected chi connectivity index (χ4v) is 1.47. The summed E-state index contributed by atoms with van der Waals surface area (Å²) in [6, 6.07) is -0.00617. The summed E-state index contributed by atoms with van der Waals surface area (Å²) in [5.74, 6) is 0.